The fourth-order valence-corrected chi connectivity index (χ4v) is 4.09. The molecule has 1 aromatic carbocycles. The van der Waals surface area contributed by atoms with E-state index in [-0.39, 0.29) is 16.8 Å². The van der Waals surface area contributed by atoms with Gasteiger partial charge in [-0.25, -0.2) is 4.98 Å². The highest BCUT2D eigenvalue weighted by Gasteiger charge is 2.26. The van der Waals surface area contributed by atoms with Gasteiger partial charge in [-0.1, -0.05) is 23.3 Å². The number of morpholine rings is 1. The summed E-state index contributed by atoms with van der Waals surface area (Å²) in [6, 6.07) is 5.60. The minimum atomic E-state index is -0.891. The van der Waals surface area contributed by atoms with Crippen LogP contribution < -0.4 is 10.6 Å². The molecule has 1 aliphatic carbocycles. The van der Waals surface area contributed by atoms with Crippen LogP contribution in [0.2, 0.25) is 5.02 Å². The zero-order valence-electron chi connectivity index (χ0n) is 18.2. The van der Waals surface area contributed by atoms with Gasteiger partial charge in [0.25, 0.3) is 17.4 Å². The van der Waals surface area contributed by atoms with E-state index in [0.29, 0.717) is 54.1 Å². The zero-order chi connectivity index (χ0) is 23.7. The van der Waals surface area contributed by atoms with Crippen molar-refractivity contribution in [3.05, 3.63) is 45.9 Å². The summed E-state index contributed by atoms with van der Waals surface area (Å²) in [5, 5.41) is 31.5. The van der Waals surface area contributed by atoms with Crippen LogP contribution in [0, 0.1) is 17.9 Å². The van der Waals surface area contributed by atoms with E-state index >= 15 is 0 Å². The molecular weight excluding hydrogens is 458 g/mol. The zero-order valence-corrected chi connectivity index (χ0v) is 19.0. The molecule has 2 aromatic heterocycles. The predicted molar refractivity (Wildman–Crippen MR) is 125 cm³/mol. The van der Waals surface area contributed by atoms with Crippen LogP contribution in [0.5, 0.6) is 0 Å². The van der Waals surface area contributed by atoms with Crippen LogP contribution in [-0.2, 0) is 4.74 Å². The third-order valence-electron chi connectivity index (χ3n) is 5.75. The van der Waals surface area contributed by atoms with Gasteiger partial charge in [-0.05, 0) is 25.0 Å². The summed E-state index contributed by atoms with van der Waals surface area (Å²) in [4.78, 5) is 14.4. The Bertz CT molecular complexity index is 1300. The highest BCUT2D eigenvalue weighted by molar-refractivity contribution is 6.34. The minimum absolute atomic E-state index is 0.184. The highest BCUT2D eigenvalue weighted by atomic mass is 35.5. The number of hydrogen-bond acceptors (Lipinski definition) is 9. The molecule has 12 heteroatoms. The number of aliphatic hydroxyl groups is 1. The first kappa shape index (κ1) is 22.3. The molecule has 3 aromatic rings. The van der Waals surface area contributed by atoms with Crippen LogP contribution in [0.25, 0.3) is 10.5 Å². The molecule has 3 heterocycles. The van der Waals surface area contributed by atoms with Crippen molar-refractivity contribution in [3.8, 4) is 6.07 Å². The lowest BCUT2D eigenvalue weighted by molar-refractivity contribution is 0.0143. The molecule has 2 aliphatic rings. The van der Waals surface area contributed by atoms with Gasteiger partial charge in [-0.3, -0.25) is 4.90 Å². The standard InChI is InChI=1S/C22H22ClN9O2/c1-25-18-11-26-21-20(27-14-2-3-14)29-22(30-32(18)21)28-16-9-13(10-24)8-15(19(16)23)17(33)12-31-4-6-34-7-5-31/h8-9,11,14,17,33H,2-7,12H2,(H2,27,28,29,30). The molecule has 11 nitrogen and oxygen atoms in total. The Morgan fingerprint density at radius 1 is 1.35 bits per heavy atom. The molecule has 1 saturated heterocycles. The lowest BCUT2D eigenvalue weighted by atomic mass is 10.0. The molecule has 174 valence electrons. The van der Waals surface area contributed by atoms with Crippen molar-refractivity contribution in [1.82, 2.24) is 24.5 Å². The second-order valence-corrected chi connectivity index (χ2v) is 8.64. The number of imidazole rings is 1. The number of aliphatic hydroxyl groups excluding tert-OH is 1. The fraction of sp³-hybridized carbons (Fsp3) is 0.409. The van der Waals surface area contributed by atoms with E-state index in [1.165, 1.54) is 10.7 Å². The molecule has 0 radical (unpaired) electrons. The summed E-state index contributed by atoms with van der Waals surface area (Å²) in [6.07, 6.45) is 2.63. The van der Waals surface area contributed by atoms with Crippen molar-refractivity contribution in [1.29, 1.82) is 5.26 Å². The maximum Gasteiger partial charge on any atom is 0.275 e. The second-order valence-electron chi connectivity index (χ2n) is 8.26. The maximum atomic E-state index is 10.9. The number of benzene rings is 1. The SMILES string of the molecule is [C-]#[N+]c1cnc2c(NC3CC3)nc(Nc3cc(C#N)cc(C(O)CN4CCOCC4)c3Cl)nn12. The molecule has 5 rings (SSSR count). The Labute approximate surface area is 200 Å². The van der Waals surface area contributed by atoms with Crippen molar-refractivity contribution in [3.63, 3.8) is 0 Å². The van der Waals surface area contributed by atoms with Crippen molar-refractivity contribution in [2.75, 3.05) is 43.5 Å². The average Bonchev–Trinajstić information content (AvgIpc) is 3.56. The summed E-state index contributed by atoms with van der Waals surface area (Å²) in [5.41, 5.74) is 1.63. The molecule has 1 saturated carbocycles. The van der Waals surface area contributed by atoms with Crippen LogP contribution >= 0.6 is 11.6 Å². The number of hydrogen-bond donors (Lipinski definition) is 3. The van der Waals surface area contributed by atoms with E-state index in [2.05, 4.69) is 41.5 Å². The van der Waals surface area contributed by atoms with E-state index in [1.807, 2.05) is 0 Å². The summed E-state index contributed by atoms with van der Waals surface area (Å²) in [7, 11) is 0. The number of halogens is 1. The van der Waals surface area contributed by atoms with Crippen LogP contribution in [0.15, 0.2) is 18.3 Å². The smallest absolute Gasteiger partial charge is 0.275 e. The predicted octanol–water partition coefficient (Wildman–Crippen LogP) is 2.88. The molecule has 34 heavy (non-hydrogen) atoms. The Morgan fingerprint density at radius 2 is 2.15 bits per heavy atom. The van der Waals surface area contributed by atoms with Gasteiger partial charge in [-0.15, -0.1) is 4.52 Å². The van der Waals surface area contributed by atoms with E-state index in [1.54, 1.807) is 12.1 Å². The van der Waals surface area contributed by atoms with E-state index < -0.39 is 6.10 Å². The number of ether oxygens (including phenoxy) is 1. The molecule has 1 aliphatic heterocycles. The molecule has 0 bridgehead atoms. The Morgan fingerprint density at radius 3 is 2.85 bits per heavy atom. The van der Waals surface area contributed by atoms with Crippen molar-refractivity contribution >= 4 is 40.5 Å². The number of nitriles is 1. The van der Waals surface area contributed by atoms with E-state index in [0.717, 1.165) is 25.9 Å². The molecule has 2 fully saturated rings. The molecule has 3 N–H and O–H groups in total. The largest absolute Gasteiger partial charge is 0.387 e. The summed E-state index contributed by atoms with van der Waals surface area (Å²) in [6.45, 7) is 10.4. The van der Waals surface area contributed by atoms with Gasteiger partial charge < -0.3 is 25.3 Å². The topological polar surface area (TPSA) is 128 Å². The Kier molecular flexibility index (Phi) is 6.18. The van der Waals surface area contributed by atoms with Crippen LogP contribution in [-0.4, -0.2) is 68.5 Å². The van der Waals surface area contributed by atoms with Gasteiger partial charge in [0, 0.05) is 31.2 Å². The van der Waals surface area contributed by atoms with Crippen LogP contribution in [0.3, 0.4) is 0 Å². The van der Waals surface area contributed by atoms with E-state index in [9.17, 15) is 10.4 Å². The molecular formula is C22H22ClN9O2. The number of nitrogens with one attached hydrogen (secondary N) is 2. The quantitative estimate of drug-likeness (QED) is 0.438. The number of fused-ring (bicyclic) bond motifs is 1. The molecule has 1 atom stereocenters. The van der Waals surface area contributed by atoms with Gasteiger partial charge in [0.15, 0.2) is 5.82 Å². The van der Waals surface area contributed by atoms with Gasteiger partial charge in [0.2, 0.25) is 0 Å². The van der Waals surface area contributed by atoms with Crippen molar-refractivity contribution < 1.29 is 9.84 Å². The number of nitrogens with zero attached hydrogens (tertiary/aromatic N) is 7. The lowest BCUT2D eigenvalue weighted by Crippen LogP contribution is -2.38. The lowest BCUT2D eigenvalue weighted by Gasteiger charge is -2.29. The first-order valence-corrected chi connectivity index (χ1v) is 11.3. The fourth-order valence-electron chi connectivity index (χ4n) is 3.81. The molecule has 1 unspecified atom stereocenters. The summed E-state index contributed by atoms with van der Waals surface area (Å²) in [5.74, 6) is 0.942. The number of anilines is 3. The molecule has 0 spiro atoms. The van der Waals surface area contributed by atoms with E-state index in [4.69, 9.17) is 22.9 Å². The van der Waals surface area contributed by atoms with Crippen LogP contribution in [0.4, 0.5) is 23.3 Å². The minimum Gasteiger partial charge on any atom is -0.387 e. The molecule has 0 amide bonds. The van der Waals surface area contributed by atoms with Crippen molar-refractivity contribution in [2.45, 2.75) is 25.0 Å². The monoisotopic (exact) mass is 479 g/mol. The summed E-state index contributed by atoms with van der Waals surface area (Å²) >= 11 is 6.68. The van der Waals surface area contributed by atoms with Gasteiger partial charge in [-0.2, -0.15) is 10.2 Å². The normalized spacial score (nSPS) is 17.2. The Hall–Kier alpha value is -3.48. The highest BCUT2D eigenvalue weighted by Crippen LogP contribution is 2.35. The third kappa shape index (κ3) is 4.60. The number of β-amino-alcohol motifs (C(OH)–C–C–N with tert-alkyl or cyclic N) is 1. The first-order chi connectivity index (χ1) is 16.6. The average molecular weight is 480 g/mol. The van der Waals surface area contributed by atoms with Gasteiger partial charge in [0.05, 0.1) is 47.9 Å². The number of aromatic nitrogens is 4. The maximum absolute atomic E-state index is 10.9. The number of rotatable bonds is 7. The van der Waals surface area contributed by atoms with Gasteiger partial charge >= 0.3 is 0 Å². The summed E-state index contributed by atoms with van der Waals surface area (Å²) < 4.78 is 6.78. The van der Waals surface area contributed by atoms with Crippen LogP contribution in [0.1, 0.15) is 30.1 Å². The first-order valence-electron chi connectivity index (χ1n) is 10.9. The Balaban J connectivity index is 1.48. The van der Waals surface area contributed by atoms with Gasteiger partial charge in [0.1, 0.15) is 0 Å². The third-order valence-corrected chi connectivity index (χ3v) is 6.17. The van der Waals surface area contributed by atoms with Crippen molar-refractivity contribution in [2.24, 2.45) is 0 Å². The second kappa shape index (κ2) is 9.41.